The first-order chi connectivity index (χ1) is 12.0. The Labute approximate surface area is 146 Å². The summed E-state index contributed by atoms with van der Waals surface area (Å²) in [7, 11) is 0. The van der Waals surface area contributed by atoms with E-state index in [2.05, 4.69) is 16.2 Å². The molecule has 3 amide bonds. The molecule has 0 radical (unpaired) electrons. The van der Waals surface area contributed by atoms with Gasteiger partial charge in [0.2, 0.25) is 5.91 Å². The Bertz CT molecular complexity index is 770. The van der Waals surface area contributed by atoms with E-state index in [-0.39, 0.29) is 11.8 Å². The summed E-state index contributed by atoms with van der Waals surface area (Å²) in [5.41, 5.74) is 7.23. The molecule has 25 heavy (non-hydrogen) atoms. The molecule has 0 aliphatic rings. The Hall–Kier alpha value is -3.15. The number of carbonyl (C=O) groups is 3. The molecule has 2 aromatic rings. The normalized spacial score (nSPS) is 10.0. The second-order valence-electron chi connectivity index (χ2n) is 5.65. The van der Waals surface area contributed by atoms with Gasteiger partial charge in [0.1, 0.15) is 0 Å². The van der Waals surface area contributed by atoms with Gasteiger partial charge in [0.15, 0.2) is 0 Å². The molecular weight excluding hydrogens is 318 g/mol. The van der Waals surface area contributed by atoms with Crippen LogP contribution in [0.3, 0.4) is 0 Å². The van der Waals surface area contributed by atoms with Gasteiger partial charge in [-0.3, -0.25) is 25.2 Å². The molecule has 0 atom stereocenters. The number of carbonyl (C=O) groups excluding carboxylic acids is 3. The molecule has 130 valence electrons. The van der Waals surface area contributed by atoms with Gasteiger partial charge in [0.25, 0.3) is 11.8 Å². The van der Waals surface area contributed by atoms with Crippen molar-refractivity contribution in [2.45, 2.75) is 26.7 Å². The van der Waals surface area contributed by atoms with E-state index in [1.54, 1.807) is 36.4 Å². The number of anilines is 1. The van der Waals surface area contributed by atoms with Crippen molar-refractivity contribution >= 4 is 23.4 Å². The molecule has 0 aliphatic carbocycles. The van der Waals surface area contributed by atoms with Gasteiger partial charge in [-0.15, -0.1) is 0 Å². The lowest BCUT2D eigenvalue weighted by atomic mass is 10.1. The SMILES string of the molecule is CCCC(=O)NNC(=O)c1ccc(NC(=O)c2cccc(C)c2)cc1. The summed E-state index contributed by atoms with van der Waals surface area (Å²) in [4.78, 5) is 35.5. The highest BCUT2D eigenvalue weighted by atomic mass is 16.2. The summed E-state index contributed by atoms with van der Waals surface area (Å²) in [5, 5.41) is 2.78. The maximum Gasteiger partial charge on any atom is 0.269 e. The zero-order valence-electron chi connectivity index (χ0n) is 14.3. The first-order valence-electron chi connectivity index (χ1n) is 8.07. The Kier molecular flexibility index (Phi) is 6.28. The van der Waals surface area contributed by atoms with E-state index in [1.165, 1.54) is 0 Å². The molecule has 6 nitrogen and oxygen atoms in total. The lowest BCUT2D eigenvalue weighted by molar-refractivity contribution is -0.121. The fraction of sp³-hybridized carbons (Fsp3) is 0.211. The highest BCUT2D eigenvalue weighted by Crippen LogP contribution is 2.12. The van der Waals surface area contributed by atoms with Crippen molar-refractivity contribution in [1.82, 2.24) is 10.9 Å². The number of aryl methyl sites for hydroxylation is 1. The molecule has 0 bridgehead atoms. The summed E-state index contributed by atoms with van der Waals surface area (Å²) >= 11 is 0. The number of rotatable bonds is 5. The number of amides is 3. The maximum absolute atomic E-state index is 12.2. The average molecular weight is 339 g/mol. The molecule has 0 aromatic heterocycles. The molecule has 6 heteroatoms. The highest BCUT2D eigenvalue weighted by Gasteiger charge is 2.09. The monoisotopic (exact) mass is 339 g/mol. The van der Waals surface area contributed by atoms with E-state index in [1.807, 2.05) is 26.0 Å². The summed E-state index contributed by atoms with van der Waals surface area (Å²) in [5.74, 6) is -0.869. The fourth-order valence-corrected chi connectivity index (χ4v) is 2.18. The minimum atomic E-state index is -0.416. The number of benzene rings is 2. The van der Waals surface area contributed by atoms with Crippen LogP contribution in [0.5, 0.6) is 0 Å². The van der Waals surface area contributed by atoms with Gasteiger partial charge in [-0.2, -0.15) is 0 Å². The summed E-state index contributed by atoms with van der Waals surface area (Å²) in [6.07, 6.45) is 1.06. The lowest BCUT2D eigenvalue weighted by Crippen LogP contribution is -2.41. The van der Waals surface area contributed by atoms with Crippen LogP contribution >= 0.6 is 0 Å². The smallest absolute Gasteiger partial charge is 0.269 e. The minimum absolute atomic E-state index is 0.215. The molecule has 0 heterocycles. The summed E-state index contributed by atoms with van der Waals surface area (Å²) < 4.78 is 0. The van der Waals surface area contributed by atoms with Crippen LogP contribution in [0.15, 0.2) is 48.5 Å². The Morgan fingerprint density at radius 3 is 2.24 bits per heavy atom. The molecule has 2 rings (SSSR count). The standard InChI is InChI=1S/C19H21N3O3/c1-3-5-17(23)21-22-19(25)14-8-10-16(11-9-14)20-18(24)15-7-4-6-13(2)12-15/h4,6-12H,3,5H2,1-2H3,(H,20,24)(H,21,23)(H,22,25). The third-order valence-corrected chi connectivity index (χ3v) is 3.48. The van der Waals surface area contributed by atoms with E-state index in [4.69, 9.17) is 0 Å². The van der Waals surface area contributed by atoms with Gasteiger partial charge in [0.05, 0.1) is 0 Å². The van der Waals surface area contributed by atoms with Crippen LogP contribution in [0.1, 0.15) is 46.0 Å². The molecule has 0 saturated carbocycles. The van der Waals surface area contributed by atoms with Crippen molar-refractivity contribution in [3.05, 3.63) is 65.2 Å². The van der Waals surface area contributed by atoms with Crippen LogP contribution in [0, 0.1) is 6.92 Å². The van der Waals surface area contributed by atoms with E-state index in [9.17, 15) is 14.4 Å². The quantitative estimate of drug-likeness (QED) is 0.732. The molecule has 0 spiro atoms. The van der Waals surface area contributed by atoms with Gasteiger partial charge in [-0.25, -0.2) is 0 Å². The first-order valence-corrected chi connectivity index (χ1v) is 8.07. The molecule has 2 aromatic carbocycles. The van der Waals surface area contributed by atoms with Crippen molar-refractivity contribution in [2.75, 3.05) is 5.32 Å². The second-order valence-corrected chi connectivity index (χ2v) is 5.65. The van der Waals surface area contributed by atoms with Crippen LogP contribution in [0.25, 0.3) is 0 Å². The van der Waals surface area contributed by atoms with Crippen molar-refractivity contribution in [3.63, 3.8) is 0 Å². The summed E-state index contributed by atoms with van der Waals surface area (Å²) in [6.45, 7) is 3.80. The summed E-state index contributed by atoms with van der Waals surface area (Å²) in [6, 6.07) is 13.7. The Morgan fingerprint density at radius 1 is 0.880 bits per heavy atom. The molecule has 3 N–H and O–H groups in total. The largest absolute Gasteiger partial charge is 0.322 e. The second kappa shape index (κ2) is 8.63. The van der Waals surface area contributed by atoms with E-state index in [0.717, 1.165) is 5.56 Å². The third kappa shape index (κ3) is 5.46. The number of hydrogen-bond acceptors (Lipinski definition) is 3. The van der Waals surface area contributed by atoms with E-state index < -0.39 is 5.91 Å². The first kappa shape index (κ1) is 18.2. The molecule has 0 unspecified atom stereocenters. The van der Waals surface area contributed by atoms with Crippen molar-refractivity contribution in [1.29, 1.82) is 0 Å². The average Bonchev–Trinajstić information content (AvgIpc) is 2.60. The van der Waals surface area contributed by atoms with Crippen LogP contribution < -0.4 is 16.2 Å². The topological polar surface area (TPSA) is 87.3 Å². The molecular formula is C19H21N3O3. The zero-order chi connectivity index (χ0) is 18.2. The highest BCUT2D eigenvalue weighted by molar-refractivity contribution is 6.04. The number of hydrogen-bond donors (Lipinski definition) is 3. The molecule has 0 saturated heterocycles. The van der Waals surface area contributed by atoms with E-state index in [0.29, 0.717) is 29.7 Å². The van der Waals surface area contributed by atoms with Gasteiger partial charge < -0.3 is 5.32 Å². The lowest BCUT2D eigenvalue weighted by Gasteiger charge is -2.09. The van der Waals surface area contributed by atoms with Crippen LogP contribution in [-0.2, 0) is 4.79 Å². The number of hydrazine groups is 1. The van der Waals surface area contributed by atoms with Crippen molar-refractivity contribution in [3.8, 4) is 0 Å². The predicted molar refractivity (Wildman–Crippen MR) is 96.1 cm³/mol. The Morgan fingerprint density at radius 2 is 1.60 bits per heavy atom. The Balaban J connectivity index is 1.94. The van der Waals surface area contributed by atoms with Crippen LogP contribution in [0.4, 0.5) is 5.69 Å². The van der Waals surface area contributed by atoms with Crippen LogP contribution in [0.2, 0.25) is 0 Å². The predicted octanol–water partition coefficient (Wildman–Crippen LogP) is 2.81. The van der Waals surface area contributed by atoms with Crippen molar-refractivity contribution < 1.29 is 14.4 Å². The zero-order valence-corrected chi connectivity index (χ0v) is 14.3. The van der Waals surface area contributed by atoms with Gasteiger partial charge >= 0.3 is 0 Å². The van der Waals surface area contributed by atoms with E-state index >= 15 is 0 Å². The fourth-order valence-electron chi connectivity index (χ4n) is 2.18. The minimum Gasteiger partial charge on any atom is -0.322 e. The van der Waals surface area contributed by atoms with Crippen molar-refractivity contribution in [2.24, 2.45) is 0 Å². The number of nitrogens with one attached hydrogen (secondary N) is 3. The van der Waals surface area contributed by atoms with Crippen LogP contribution in [-0.4, -0.2) is 17.7 Å². The van der Waals surface area contributed by atoms with Gasteiger partial charge in [-0.05, 0) is 49.7 Å². The molecule has 0 fully saturated rings. The molecule has 0 aliphatic heterocycles. The van der Waals surface area contributed by atoms with Gasteiger partial charge in [0, 0.05) is 23.2 Å². The van der Waals surface area contributed by atoms with Gasteiger partial charge in [-0.1, -0.05) is 24.6 Å². The third-order valence-electron chi connectivity index (χ3n) is 3.48. The maximum atomic E-state index is 12.2.